The molecule has 126 valence electrons. The summed E-state index contributed by atoms with van der Waals surface area (Å²) in [5.41, 5.74) is 4.61. The quantitative estimate of drug-likeness (QED) is 0.746. The van der Waals surface area contributed by atoms with Crippen LogP contribution in [-0.4, -0.2) is 15.9 Å². The average molecular weight is 332 g/mol. The minimum absolute atomic E-state index is 0.240. The van der Waals surface area contributed by atoms with E-state index >= 15 is 0 Å². The number of anilines is 2. The van der Waals surface area contributed by atoms with Gasteiger partial charge in [0.15, 0.2) is 0 Å². The zero-order chi connectivity index (χ0) is 17.6. The highest BCUT2D eigenvalue weighted by atomic mass is 16.1. The first kappa shape index (κ1) is 16.6. The van der Waals surface area contributed by atoms with Crippen molar-refractivity contribution >= 4 is 17.4 Å². The van der Waals surface area contributed by atoms with E-state index in [0.29, 0.717) is 18.1 Å². The first-order chi connectivity index (χ1) is 12.1. The average Bonchev–Trinajstić information content (AvgIpc) is 2.63. The molecule has 2 N–H and O–H groups in total. The number of aryl methyl sites for hydroxylation is 2. The molecule has 5 nitrogen and oxygen atoms in total. The van der Waals surface area contributed by atoms with Gasteiger partial charge in [0.2, 0.25) is 0 Å². The summed E-state index contributed by atoms with van der Waals surface area (Å²) in [4.78, 5) is 20.6. The summed E-state index contributed by atoms with van der Waals surface area (Å²) in [6, 6.07) is 16.0. The number of nitrogens with zero attached hydrogens (tertiary/aromatic N) is 2. The third kappa shape index (κ3) is 4.41. The lowest BCUT2D eigenvalue weighted by Gasteiger charge is -2.09. The summed E-state index contributed by atoms with van der Waals surface area (Å²) < 4.78 is 0. The summed E-state index contributed by atoms with van der Waals surface area (Å²) in [5, 5.41) is 6.05. The van der Waals surface area contributed by atoms with Crippen molar-refractivity contribution < 1.29 is 4.79 Å². The van der Waals surface area contributed by atoms with E-state index in [2.05, 4.69) is 20.6 Å². The number of hydrogen-bond acceptors (Lipinski definition) is 4. The van der Waals surface area contributed by atoms with Gasteiger partial charge in [0.05, 0.1) is 12.4 Å². The van der Waals surface area contributed by atoms with Crippen LogP contribution in [0.1, 0.15) is 27.2 Å². The lowest BCUT2D eigenvalue weighted by Crippen LogP contribution is -2.24. The van der Waals surface area contributed by atoms with E-state index in [4.69, 9.17) is 0 Å². The van der Waals surface area contributed by atoms with Gasteiger partial charge in [0.1, 0.15) is 11.5 Å². The molecule has 5 heteroatoms. The van der Waals surface area contributed by atoms with E-state index in [-0.39, 0.29) is 5.91 Å². The molecule has 1 amide bonds. The van der Waals surface area contributed by atoms with Crippen LogP contribution in [0.4, 0.5) is 11.5 Å². The molecule has 0 saturated carbocycles. The molecule has 0 atom stereocenters. The van der Waals surface area contributed by atoms with E-state index in [1.54, 1.807) is 6.20 Å². The largest absolute Gasteiger partial charge is 0.347 e. The van der Waals surface area contributed by atoms with Crippen LogP contribution in [0.5, 0.6) is 0 Å². The van der Waals surface area contributed by atoms with Gasteiger partial charge in [-0.15, -0.1) is 0 Å². The van der Waals surface area contributed by atoms with Crippen molar-refractivity contribution in [2.75, 3.05) is 5.32 Å². The SMILES string of the molecule is Cc1ccc(CNC(=O)c2cnc(Nc3ccccc3C)cn2)cc1. The Labute approximate surface area is 147 Å². The zero-order valence-corrected chi connectivity index (χ0v) is 14.3. The molecule has 0 saturated heterocycles. The van der Waals surface area contributed by atoms with Crippen molar-refractivity contribution in [3.63, 3.8) is 0 Å². The van der Waals surface area contributed by atoms with Crippen LogP contribution in [0.3, 0.4) is 0 Å². The number of carbonyl (C=O) groups is 1. The standard InChI is InChI=1S/C20H20N4O/c1-14-7-9-16(10-8-14)11-23-20(25)18-12-22-19(13-21-18)24-17-6-4-3-5-15(17)2/h3-10,12-13H,11H2,1-2H3,(H,22,24)(H,23,25). The van der Waals surface area contributed by atoms with Crippen LogP contribution in [0, 0.1) is 13.8 Å². The smallest absolute Gasteiger partial charge is 0.271 e. The van der Waals surface area contributed by atoms with Crippen molar-refractivity contribution in [2.24, 2.45) is 0 Å². The highest BCUT2D eigenvalue weighted by Crippen LogP contribution is 2.17. The summed E-state index contributed by atoms with van der Waals surface area (Å²) in [6.45, 7) is 4.51. The molecular weight excluding hydrogens is 312 g/mol. The van der Waals surface area contributed by atoms with Gasteiger partial charge >= 0.3 is 0 Å². The first-order valence-electron chi connectivity index (χ1n) is 8.10. The number of aromatic nitrogens is 2. The molecule has 3 rings (SSSR count). The third-order valence-corrected chi connectivity index (χ3v) is 3.87. The minimum Gasteiger partial charge on any atom is -0.347 e. The van der Waals surface area contributed by atoms with Crippen LogP contribution in [0.25, 0.3) is 0 Å². The van der Waals surface area contributed by atoms with Crippen molar-refractivity contribution in [3.05, 3.63) is 83.3 Å². The zero-order valence-electron chi connectivity index (χ0n) is 14.3. The van der Waals surface area contributed by atoms with Crippen LogP contribution in [0.2, 0.25) is 0 Å². The Morgan fingerprint density at radius 2 is 1.72 bits per heavy atom. The van der Waals surface area contributed by atoms with Crippen molar-refractivity contribution in [1.29, 1.82) is 0 Å². The fourth-order valence-corrected chi connectivity index (χ4v) is 2.34. The number of nitrogens with one attached hydrogen (secondary N) is 2. The normalized spacial score (nSPS) is 10.3. The monoisotopic (exact) mass is 332 g/mol. The number of amides is 1. The highest BCUT2D eigenvalue weighted by molar-refractivity contribution is 5.92. The Bertz CT molecular complexity index is 858. The lowest BCUT2D eigenvalue weighted by molar-refractivity contribution is 0.0945. The van der Waals surface area contributed by atoms with E-state index in [1.807, 2.05) is 62.4 Å². The maximum atomic E-state index is 12.2. The fourth-order valence-electron chi connectivity index (χ4n) is 2.34. The second kappa shape index (κ2) is 7.57. The van der Waals surface area contributed by atoms with Crippen LogP contribution in [-0.2, 0) is 6.54 Å². The van der Waals surface area contributed by atoms with Crippen molar-refractivity contribution in [1.82, 2.24) is 15.3 Å². The van der Waals surface area contributed by atoms with Crippen LogP contribution in [0.15, 0.2) is 60.9 Å². The summed E-state index contributed by atoms with van der Waals surface area (Å²) in [7, 11) is 0. The van der Waals surface area contributed by atoms with Crippen LogP contribution < -0.4 is 10.6 Å². The molecule has 2 aromatic carbocycles. The molecule has 25 heavy (non-hydrogen) atoms. The number of benzene rings is 2. The van der Waals surface area contributed by atoms with Gasteiger partial charge in [-0.3, -0.25) is 4.79 Å². The van der Waals surface area contributed by atoms with E-state index in [1.165, 1.54) is 11.8 Å². The summed E-state index contributed by atoms with van der Waals surface area (Å²) >= 11 is 0. The molecule has 0 spiro atoms. The third-order valence-electron chi connectivity index (χ3n) is 3.87. The van der Waals surface area contributed by atoms with E-state index < -0.39 is 0 Å². The molecule has 0 aliphatic heterocycles. The predicted octanol–water partition coefficient (Wildman–Crippen LogP) is 3.77. The van der Waals surface area contributed by atoms with Gasteiger partial charge in [-0.1, -0.05) is 48.0 Å². The molecule has 3 aromatic rings. The number of rotatable bonds is 5. The van der Waals surface area contributed by atoms with Gasteiger partial charge in [0, 0.05) is 12.2 Å². The Morgan fingerprint density at radius 3 is 2.40 bits per heavy atom. The van der Waals surface area contributed by atoms with Gasteiger partial charge in [-0.25, -0.2) is 9.97 Å². The van der Waals surface area contributed by atoms with Gasteiger partial charge in [0.25, 0.3) is 5.91 Å². The molecule has 0 bridgehead atoms. The Hall–Kier alpha value is -3.21. The lowest BCUT2D eigenvalue weighted by atomic mass is 10.1. The van der Waals surface area contributed by atoms with Gasteiger partial charge in [-0.05, 0) is 31.0 Å². The second-order valence-electron chi connectivity index (χ2n) is 5.90. The van der Waals surface area contributed by atoms with Gasteiger partial charge < -0.3 is 10.6 Å². The molecule has 1 aromatic heterocycles. The molecule has 1 heterocycles. The predicted molar refractivity (Wildman–Crippen MR) is 98.8 cm³/mol. The molecular formula is C20H20N4O. The number of para-hydroxylation sites is 1. The fraction of sp³-hybridized carbons (Fsp3) is 0.150. The second-order valence-corrected chi connectivity index (χ2v) is 5.90. The van der Waals surface area contributed by atoms with Crippen molar-refractivity contribution in [2.45, 2.75) is 20.4 Å². The van der Waals surface area contributed by atoms with E-state index in [0.717, 1.165) is 16.8 Å². The molecule has 0 aliphatic rings. The molecule has 0 aliphatic carbocycles. The topological polar surface area (TPSA) is 66.9 Å². The minimum atomic E-state index is -0.240. The molecule has 0 fully saturated rings. The highest BCUT2D eigenvalue weighted by Gasteiger charge is 2.08. The maximum absolute atomic E-state index is 12.2. The Balaban J connectivity index is 1.60. The van der Waals surface area contributed by atoms with Crippen molar-refractivity contribution in [3.8, 4) is 0 Å². The summed E-state index contributed by atoms with van der Waals surface area (Å²) in [6.07, 6.45) is 3.04. The Kier molecular flexibility index (Phi) is 5.04. The van der Waals surface area contributed by atoms with E-state index in [9.17, 15) is 4.79 Å². The number of carbonyl (C=O) groups excluding carboxylic acids is 1. The Morgan fingerprint density at radius 1 is 0.960 bits per heavy atom. The van der Waals surface area contributed by atoms with Crippen LogP contribution >= 0.6 is 0 Å². The maximum Gasteiger partial charge on any atom is 0.271 e. The van der Waals surface area contributed by atoms with Gasteiger partial charge in [-0.2, -0.15) is 0 Å². The summed E-state index contributed by atoms with van der Waals surface area (Å²) in [5.74, 6) is 0.361. The first-order valence-corrected chi connectivity index (χ1v) is 8.10. The number of hydrogen-bond donors (Lipinski definition) is 2. The molecule has 0 unspecified atom stereocenters. The molecule has 0 radical (unpaired) electrons.